The van der Waals surface area contributed by atoms with Gasteiger partial charge in [-0.05, 0) is 33.7 Å². The summed E-state index contributed by atoms with van der Waals surface area (Å²) < 4.78 is 31.8. The van der Waals surface area contributed by atoms with Gasteiger partial charge in [-0.3, -0.25) is 0 Å². The predicted molar refractivity (Wildman–Crippen MR) is 66.8 cm³/mol. The molecule has 0 bridgehead atoms. The maximum Gasteiger partial charge on any atom is 0.248 e. The molecule has 1 aromatic rings. The molecule has 2 rings (SSSR count). The van der Waals surface area contributed by atoms with Crippen molar-refractivity contribution in [3.63, 3.8) is 0 Å². The SMILES string of the molecule is CNCCN(C1CC1)S(=O)(=O)c1c(C)noc1C. The Balaban J connectivity index is 2.33. The van der Waals surface area contributed by atoms with Gasteiger partial charge >= 0.3 is 0 Å². The van der Waals surface area contributed by atoms with Crippen molar-refractivity contribution in [3.05, 3.63) is 11.5 Å². The fourth-order valence-corrected chi connectivity index (χ4v) is 4.02. The van der Waals surface area contributed by atoms with Crippen LogP contribution in [0, 0.1) is 13.8 Å². The average molecular weight is 273 g/mol. The van der Waals surface area contributed by atoms with Gasteiger partial charge in [-0.15, -0.1) is 0 Å². The first kappa shape index (κ1) is 13.5. The monoisotopic (exact) mass is 273 g/mol. The van der Waals surface area contributed by atoms with Crippen LogP contribution < -0.4 is 5.32 Å². The van der Waals surface area contributed by atoms with Gasteiger partial charge in [0.05, 0.1) is 0 Å². The number of sulfonamides is 1. The number of aryl methyl sites for hydroxylation is 2. The summed E-state index contributed by atoms with van der Waals surface area (Å²) in [5.74, 6) is 0.364. The van der Waals surface area contributed by atoms with Crippen molar-refractivity contribution in [2.75, 3.05) is 20.1 Å². The van der Waals surface area contributed by atoms with Crippen molar-refractivity contribution >= 4 is 10.0 Å². The topological polar surface area (TPSA) is 75.4 Å². The lowest BCUT2D eigenvalue weighted by Gasteiger charge is -2.21. The molecule has 18 heavy (non-hydrogen) atoms. The molecule has 1 heterocycles. The van der Waals surface area contributed by atoms with Crippen molar-refractivity contribution < 1.29 is 12.9 Å². The van der Waals surface area contributed by atoms with Crippen molar-refractivity contribution in [2.45, 2.75) is 37.6 Å². The van der Waals surface area contributed by atoms with Crippen LogP contribution in [-0.2, 0) is 10.0 Å². The van der Waals surface area contributed by atoms with E-state index in [0.29, 0.717) is 24.5 Å². The van der Waals surface area contributed by atoms with Crippen LogP contribution in [0.1, 0.15) is 24.3 Å². The van der Waals surface area contributed by atoms with E-state index in [-0.39, 0.29) is 10.9 Å². The molecule has 0 aliphatic heterocycles. The summed E-state index contributed by atoms with van der Waals surface area (Å²) in [6.07, 6.45) is 1.87. The van der Waals surface area contributed by atoms with Crippen LogP contribution in [-0.4, -0.2) is 44.1 Å². The number of nitrogens with zero attached hydrogens (tertiary/aromatic N) is 2. The molecule has 1 aromatic heterocycles. The van der Waals surface area contributed by atoms with Gasteiger partial charge in [-0.25, -0.2) is 8.42 Å². The third-order valence-electron chi connectivity index (χ3n) is 3.07. The van der Waals surface area contributed by atoms with Crippen molar-refractivity contribution in [3.8, 4) is 0 Å². The van der Waals surface area contributed by atoms with Crippen LogP contribution in [0.2, 0.25) is 0 Å². The molecule has 1 aliphatic rings. The first-order valence-corrected chi connectivity index (χ1v) is 7.51. The van der Waals surface area contributed by atoms with E-state index in [2.05, 4.69) is 10.5 Å². The highest BCUT2D eigenvalue weighted by Gasteiger charge is 2.40. The van der Waals surface area contributed by atoms with Crippen LogP contribution in [0.15, 0.2) is 9.42 Å². The Hall–Kier alpha value is -0.920. The molecule has 0 radical (unpaired) electrons. The quantitative estimate of drug-likeness (QED) is 0.824. The molecule has 0 aromatic carbocycles. The van der Waals surface area contributed by atoms with Gasteiger partial charge in [-0.2, -0.15) is 4.31 Å². The maximum absolute atomic E-state index is 12.6. The van der Waals surface area contributed by atoms with E-state index in [0.717, 1.165) is 12.8 Å². The highest BCUT2D eigenvalue weighted by atomic mass is 32.2. The van der Waals surface area contributed by atoms with Crippen molar-refractivity contribution in [2.24, 2.45) is 0 Å². The standard InChI is InChI=1S/C11H19N3O3S/c1-8-11(9(2)17-13-8)18(15,16)14(7-6-12-3)10-4-5-10/h10,12H,4-7H2,1-3H3. The van der Waals surface area contributed by atoms with Crippen molar-refractivity contribution in [1.82, 2.24) is 14.8 Å². The van der Waals surface area contributed by atoms with E-state index < -0.39 is 10.0 Å². The Bertz CT molecular complexity index is 500. The van der Waals surface area contributed by atoms with E-state index in [1.54, 1.807) is 18.2 Å². The molecular weight excluding hydrogens is 254 g/mol. The molecule has 0 amide bonds. The first-order valence-electron chi connectivity index (χ1n) is 6.07. The van der Waals surface area contributed by atoms with Crippen LogP contribution in [0.25, 0.3) is 0 Å². The Labute approximate surface area is 107 Å². The van der Waals surface area contributed by atoms with E-state index in [9.17, 15) is 8.42 Å². The summed E-state index contributed by atoms with van der Waals surface area (Å²) in [6, 6.07) is 0.136. The molecular formula is C11H19N3O3S. The largest absolute Gasteiger partial charge is 0.360 e. The summed E-state index contributed by atoms with van der Waals surface area (Å²) >= 11 is 0. The summed E-state index contributed by atoms with van der Waals surface area (Å²) in [5.41, 5.74) is 0.433. The minimum atomic E-state index is -3.49. The number of nitrogens with one attached hydrogen (secondary N) is 1. The second-order valence-corrected chi connectivity index (χ2v) is 6.43. The average Bonchev–Trinajstić information content (AvgIpc) is 3.05. The number of hydrogen-bond acceptors (Lipinski definition) is 5. The van der Waals surface area contributed by atoms with E-state index in [1.165, 1.54) is 0 Å². The lowest BCUT2D eigenvalue weighted by atomic mass is 10.4. The zero-order chi connectivity index (χ0) is 13.3. The number of likely N-dealkylation sites (N-methyl/N-ethyl adjacent to an activating group) is 1. The van der Waals surface area contributed by atoms with E-state index in [4.69, 9.17) is 4.52 Å². The van der Waals surface area contributed by atoms with Gasteiger partial charge in [0, 0.05) is 19.1 Å². The minimum Gasteiger partial charge on any atom is -0.360 e. The lowest BCUT2D eigenvalue weighted by Crippen LogP contribution is -2.38. The van der Waals surface area contributed by atoms with E-state index in [1.807, 2.05) is 7.05 Å². The molecule has 6 nitrogen and oxygen atoms in total. The zero-order valence-corrected chi connectivity index (χ0v) is 11.7. The Kier molecular flexibility index (Phi) is 3.74. The van der Waals surface area contributed by atoms with Crippen molar-refractivity contribution in [1.29, 1.82) is 0 Å². The van der Waals surface area contributed by atoms with Crippen LogP contribution in [0.3, 0.4) is 0 Å². The Morgan fingerprint density at radius 3 is 2.56 bits per heavy atom. The molecule has 102 valence electrons. The van der Waals surface area contributed by atoms with Crippen LogP contribution in [0.4, 0.5) is 0 Å². The summed E-state index contributed by atoms with van der Waals surface area (Å²) in [5, 5.41) is 6.71. The molecule has 0 atom stereocenters. The van der Waals surface area contributed by atoms with Crippen LogP contribution >= 0.6 is 0 Å². The smallest absolute Gasteiger partial charge is 0.248 e. The summed E-state index contributed by atoms with van der Waals surface area (Å²) in [4.78, 5) is 0.227. The Morgan fingerprint density at radius 1 is 1.44 bits per heavy atom. The second kappa shape index (κ2) is 4.99. The third-order valence-corrected chi connectivity index (χ3v) is 5.27. The predicted octanol–water partition coefficient (Wildman–Crippen LogP) is 0.664. The molecule has 1 N–H and O–H groups in total. The summed E-state index contributed by atoms with van der Waals surface area (Å²) in [7, 11) is -1.68. The van der Waals surface area contributed by atoms with Gasteiger partial charge in [0.25, 0.3) is 0 Å². The zero-order valence-electron chi connectivity index (χ0n) is 10.9. The van der Waals surface area contributed by atoms with Gasteiger partial charge in [0.15, 0.2) is 5.76 Å². The molecule has 1 aliphatic carbocycles. The minimum absolute atomic E-state index is 0.136. The maximum atomic E-state index is 12.6. The van der Waals surface area contributed by atoms with Crippen LogP contribution in [0.5, 0.6) is 0 Å². The normalized spacial score (nSPS) is 16.4. The molecule has 0 spiro atoms. The summed E-state index contributed by atoms with van der Waals surface area (Å²) in [6.45, 7) is 4.41. The van der Waals surface area contributed by atoms with Gasteiger partial charge < -0.3 is 9.84 Å². The number of hydrogen-bond donors (Lipinski definition) is 1. The van der Waals surface area contributed by atoms with E-state index >= 15 is 0 Å². The highest BCUT2D eigenvalue weighted by Crippen LogP contribution is 2.33. The fourth-order valence-electron chi connectivity index (χ4n) is 2.04. The Morgan fingerprint density at radius 2 is 2.11 bits per heavy atom. The second-order valence-electron chi connectivity index (χ2n) is 4.60. The molecule has 1 saturated carbocycles. The fraction of sp³-hybridized carbons (Fsp3) is 0.727. The molecule has 0 unspecified atom stereocenters. The number of aromatic nitrogens is 1. The lowest BCUT2D eigenvalue weighted by molar-refractivity contribution is 0.385. The van der Waals surface area contributed by atoms with Gasteiger partial charge in [-0.1, -0.05) is 5.16 Å². The molecule has 1 fully saturated rings. The first-order chi connectivity index (χ1) is 8.48. The van der Waals surface area contributed by atoms with Gasteiger partial charge in [0.2, 0.25) is 10.0 Å². The van der Waals surface area contributed by atoms with Gasteiger partial charge in [0.1, 0.15) is 10.6 Å². The molecule has 7 heteroatoms. The third kappa shape index (κ3) is 2.43. The highest BCUT2D eigenvalue weighted by molar-refractivity contribution is 7.89. The molecule has 0 saturated heterocycles. The number of rotatable bonds is 6.